The fourth-order valence-electron chi connectivity index (χ4n) is 3.96. The zero-order valence-corrected chi connectivity index (χ0v) is 19.8. The molecule has 1 amide bonds. The zero-order valence-electron chi connectivity index (χ0n) is 19.8. The average Bonchev–Trinajstić information content (AvgIpc) is 2.87. The van der Waals surface area contributed by atoms with Gasteiger partial charge in [0.15, 0.2) is 18.2 Å². The molecule has 8 heteroatoms. The van der Waals surface area contributed by atoms with E-state index in [1.807, 2.05) is 66.4 Å². The van der Waals surface area contributed by atoms with E-state index in [1.165, 1.54) is 7.05 Å². The standard InChI is InChI=1S/C26H27N3O5/c1-16-11-20-17(13-22(16)31-3)12-19-21(28-20)14-23(32-4)25(33-5)24(19)29(15-34-26(30)27-2)18-9-7-6-8-10-18/h6-14H,15H2,1-5H3,(H,27,30). The molecule has 0 fully saturated rings. The molecule has 34 heavy (non-hydrogen) atoms. The number of amides is 1. The fraction of sp³-hybridized carbons (Fsp3) is 0.231. The number of aryl methyl sites for hydroxylation is 1. The van der Waals surface area contributed by atoms with Gasteiger partial charge in [0.1, 0.15) is 5.75 Å². The van der Waals surface area contributed by atoms with Crippen molar-refractivity contribution in [2.45, 2.75) is 6.92 Å². The summed E-state index contributed by atoms with van der Waals surface area (Å²) in [5.41, 5.74) is 4.01. The third-order valence-corrected chi connectivity index (χ3v) is 5.61. The van der Waals surface area contributed by atoms with E-state index in [0.717, 1.165) is 33.3 Å². The molecule has 8 nitrogen and oxygen atoms in total. The van der Waals surface area contributed by atoms with Gasteiger partial charge in [-0.05, 0) is 42.8 Å². The number of nitrogens with zero attached hydrogens (tertiary/aromatic N) is 2. The zero-order chi connectivity index (χ0) is 24.2. The molecule has 1 N–H and O–H groups in total. The molecule has 0 unspecified atom stereocenters. The maximum atomic E-state index is 12.0. The van der Waals surface area contributed by atoms with Gasteiger partial charge < -0.3 is 29.2 Å². The van der Waals surface area contributed by atoms with Crippen LogP contribution in [0.3, 0.4) is 0 Å². The van der Waals surface area contributed by atoms with Gasteiger partial charge in [-0.1, -0.05) is 18.2 Å². The highest BCUT2D eigenvalue weighted by atomic mass is 16.6. The lowest BCUT2D eigenvalue weighted by Crippen LogP contribution is -2.28. The number of pyridine rings is 1. The molecule has 176 valence electrons. The minimum Gasteiger partial charge on any atom is -0.496 e. The van der Waals surface area contributed by atoms with Crippen LogP contribution in [-0.4, -0.2) is 46.2 Å². The first kappa shape index (κ1) is 23.0. The summed E-state index contributed by atoms with van der Waals surface area (Å²) >= 11 is 0. The summed E-state index contributed by atoms with van der Waals surface area (Å²) in [6.07, 6.45) is -0.545. The van der Waals surface area contributed by atoms with Crippen LogP contribution in [0.15, 0.2) is 54.6 Å². The molecule has 3 aromatic carbocycles. The predicted octanol–water partition coefficient (Wildman–Crippen LogP) is 5.17. The van der Waals surface area contributed by atoms with Gasteiger partial charge in [-0.2, -0.15) is 0 Å². The van der Waals surface area contributed by atoms with Crippen LogP contribution in [0.1, 0.15) is 5.56 Å². The summed E-state index contributed by atoms with van der Waals surface area (Å²) < 4.78 is 22.5. The quantitative estimate of drug-likeness (QED) is 0.300. The van der Waals surface area contributed by atoms with E-state index in [4.69, 9.17) is 23.9 Å². The summed E-state index contributed by atoms with van der Waals surface area (Å²) in [6, 6.07) is 17.4. The number of hydrogen-bond donors (Lipinski definition) is 1. The van der Waals surface area contributed by atoms with Crippen molar-refractivity contribution in [1.29, 1.82) is 0 Å². The molecule has 0 aliphatic rings. The third-order valence-electron chi connectivity index (χ3n) is 5.61. The number of para-hydroxylation sites is 1. The van der Waals surface area contributed by atoms with Crippen LogP contribution < -0.4 is 24.4 Å². The molecule has 0 radical (unpaired) electrons. The third kappa shape index (κ3) is 4.22. The highest BCUT2D eigenvalue weighted by Gasteiger charge is 2.24. The van der Waals surface area contributed by atoms with E-state index in [0.29, 0.717) is 22.7 Å². The van der Waals surface area contributed by atoms with Gasteiger partial charge in [-0.15, -0.1) is 0 Å². The highest BCUT2D eigenvalue weighted by molar-refractivity contribution is 6.05. The first-order chi connectivity index (χ1) is 16.5. The van der Waals surface area contributed by atoms with Gasteiger partial charge in [0.05, 0.1) is 38.1 Å². The highest BCUT2D eigenvalue weighted by Crippen LogP contribution is 2.46. The molecule has 4 aromatic rings. The minimum atomic E-state index is -0.545. The second-order valence-corrected chi connectivity index (χ2v) is 7.60. The van der Waals surface area contributed by atoms with Crippen LogP contribution in [0.25, 0.3) is 21.8 Å². The van der Waals surface area contributed by atoms with E-state index in [9.17, 15) is 4.79 Å². The maximum Gasteiger partial charge on any atom is 0.408 e. The molecular formula is C26H27N3O5. The van der Waals surface area contributed by atoms with Crippen molar-refractivity contribution in [3.63, 3.8) is 0 Å². The van der Waals surface area contributed by atoms with E-state index >= 15 is 0 Å². The largest absolute Gasteiger partial charge is 0.496 e. The Hall–Kier alpha value is -4.20. The van der Waals surface area contributed by atoms with Crippen molar-refractivity contribution in [1.82, 2.24) is 10.3 Å². The molecule has 0 aliphatic heterocycles. The van der Waals surface area contributed by atoms with Crippen molar-refractivity contribution in [3.05, 3.63) is 60.2 Å². The van der Waals surface area contributed by atoms with Crippen molar-refractivity contribution < 1.29 is 23.7 Å². The second-order valence-electron chi connectivity index (χ2n) is 7.60. The van der Waals surface area contributed by atoms with Crippen LogP contribution in [-0.2, 0) is 4.74 Å². The Kier molecular flexibility index (Phi) is 6.58. The predicted molar refractivity (Wildman–Crippen MR) is 133 cm³/mol. The number of aromatic nitrogens is 1. The first-order valence-electron chi connectivity index (χ1n) is 10.7. The Morgan fingerprint density at radius 3 is 2.32 bits per heavy atom. The lowest BCUT2D eigenvalue weighted by atomic mass is 10.0. The number of ether oxygens (including phenoxy) is 4. The summed E-state index contributed by atoms with van der Waals surface area (Å²) in [4.78, 5) is 18.7. The number of methoxy groups -OCH3 is 3. The maximum absolute atomic E-state index is 12.0. The number of hydrogen-bond acceptors (Lipinski definition) is 7. The second kappa shape index (κ2) is 9.74. The Labute approximate surface area is 198 Å². The minimum absolute atomic E-state index is 0.0580. The molecule has 0 saturated carbocycles. The van der Waals surface area contributed by atoms with Crippen molar-refractivity contribution >= 4 is 39.3 Å². The van der Waals surface area contributed by atoms with E-state index in [1.54, 1.807) is 21.3 Å². The Bertz CT molecular complexity index is 1340. The first-order valence-corrected chi connectivity index (χ1v) is 10.7. The topological polar surface area (TPSA) is 82.2 Å². The van der Waals surface area contributed by atoms with Gasteiger partial charge in [0.2, 0.25) is 0 Å². The van der Waals surface area contributed by atoms with Gasteiger partial charge >= 0.3 is 6.09 Å². The van der Waals surface area contributed by atoms with Crippen molar-refractivity contribution in [2.24, 2.45) is 0 Å². The van der Waals surface area contributed by atoms with Gasteiger partial charge in [-0.3, -0.25) is 0 Å². The van der Waals surface area contributed by atoms with E-state index in [-0.39, 0.29) is 6.73 Å². The Balaban J connectivity index is 2.04. The molecular weight excluding hydrogens is 434 g/mol. The lowest BCUT2D eigenvalue weighted by Gasteiger charge is -2.28. The number of benzene rings is 3. The Morgan fingerprint density at radius 1 is 0.941 bits per heavy atom. The average molecular weight is 462 g/mol. The van der Waals surface area contributed by atoms with E-state index in [2.05, 4.69) is 5.32 Å². The summed E-state index contributed by atoms with van der Waals surface area (Å²) in [5, 5.41) is 4.20. The molecule has 4 rings (SSSR count). The van der Waals surface area contributed by atoms with Crippen molar-refractivity contribution in [2.75, 3.05) is 40.0 Å². The number of rotatable bonds is 7. The summed E-state index contributed by atoms with van der Waals surface area (Å²) in [6.45, 7) is 1.93. The lowest BCUT2D eigenvalue weighted by molar-refractivity contribution is 0.151. The number of nitrogens with one attached hydrogen (secondary N) is 1. The Morgan fingerprint density at radius 2 is 1.68 bits per heavy atom. The van der Waals surface area contributed by atoms with Crippen molar-refractivity contribution in [3.8, 4) is 17.2 Å². The molecule has 0 saturated heterocycles. The van der Waals surface area contributed by atoms with Gasteiger partial charge in [0.25, 0.3) is 0 Å². The molecule has 1 heterocycles. The molecule has 1 aromatic heterocycles. The van der Waals surface area contributed by atoms with Crippen LogP contribution >= 0.6 is 0 Å². The fourth-order valence-corrected chi connectivity index (χ4v) is 3.96. The number of alkyl carbamates (subject to hydrolysis) is 1. The van der Waals surface area contributed by atoms with Crippen LogP contribution in [0.2, 0.25) is 0 Å². The summed E-state index contributed by atoms with van der Waals surface area (Å²) in [5.74, 6) is 1.79. The van der Waals surface area contributed by atoms with E-state index < -0.39 is 6.09 Å². The van der Waals surface area contributed by atoms with Crippen LogP contribution in [0.4, 0.5) is 16.2 Å². The molecule has 0 spiro atoms. The number of anilines is 2. The number of fused-ring (bicyclic) bond motifs is 2. The van der Waals surface area contributed by atoms with Crippen LogP contribution in [0.5, 0.6) is 17.2 Å². The monoisotopic (exact) mass is 461 g/mol. The molecule has 0 bridgehead atoms. The number of carbonyl (C=O) groups is 1. The van der Waals surface area contributed by atoms with Gasteiger partial charge in [-0.25, -0.2) is 9.78 Å². The SMILES string of the molecule is CNC(=O)OCN(c1ccccc1)c1c(OC)c(OC)cc2nc3cc(C)c(OC)cc3cc12. The molecule has 0 atom stereocenters. The summed E-state index contributed by atoms with van der Waals surface area (Å²) in [7, 11) is 6.33. The van der Waals surface area contributed by atoms with Gasteiger partial charge in [0, 0.05) is 29.6 Å². The smallest absolute Gasteiger partial charge is 0.408 e. The normalized spacial score (nSPS) is 10.7. The molecule has 0 aliphatic carbocycles. The van der Waals surface area contributed by atoms with Crippen LogP contribution in [0, 0.1) is 6.92 Å². The number of carbonyl (C=O) groups excluding carboxylic acids is 1.